The maximum atomic E-state index is 10.6. The first-order valence-electron chi connectivity index (χ1n) is 10.1. The fourth-order valence-electron chi connectivity index (χ4n) is 3.40. The summed E-state index contributed by atoms with van der Waals surface area (Å²) in [4.78, 5) is 15.5. The lowest BCUT2D eigenvalue weighted by atomic mass is 10.0. The second-order valence-corrected chi connectivity index (χ2v) is 7.77. The summed E-state index contributed by atoms with van der Waals surface area (Å²) in [6.07, 6.45) is 3.58. The van der Waals surface area contributed by atoms with Gasteiger partial charge in [0, 0.05) is 25.5 Å². The number of carbonyl (C=O) groups is 1. The maximum Gasteiger partial charge on any atom is 0.490 e. The largest absolute Gasteiger partial charge is 0.490 e. The molecule has 1 aliphatic heterocycles. The third-order valence-corrected chi connectivity index (χ3v) is 5.22. The van der Waals surface area contributed by atoms with Crippen molar-refractivity contribution in [3.63, 3.8) is 0 Å². The molecule has 1 N–H and O–H groups in total. The molecule has 2 aromatic heterocycles. The highest BCUT2D eigenvalue weighted by atomic mass is 19.4. The maximum absolute atomic E-state index is 10.6. The minimum Gasteiger partial charge on any atom is -0.475 e. The molecule has 31 heavy (non-hydrogen) atoms. The van der Waals surface area contributed by atoms with Gasteiger partial charge in [0.1, 0.15) is 0 Å². The number of hydrogen-bond donors (Lipinski definition) is 1. The van der Waals surface area contributed by atoms with Crippen LogP contribution in [0, 0.1) is 12.8 Å². The van der Waals surface area contributed by atoms with Crippen LogP contribution in [-0.2, 0) is 16.0 Å². The lowest BCUT2D eigenvalue weighted by molar-refractivity contribution is -0.192. The van der Waals surface area contributed by atoms with Gasteiger partial charge in [-0.15, -0.1) is 5.10 Å². The lowest BCUT2D eigenvalue weighted by Crippen LogP contribution is -2.39. The average Bonchev–Trinajstić information content (AvgIpc) is 3.48. The summed E-state index contributed by atoms with van der Waals surface area (Å²) in [7, 11) is 0. The summed E-state index contributed by atoms with van der Waals surface area (Å²) in [5, 5.41) is 15.8. The molecule has 0 amide bonds. The van der Waals surface area contributed by atoms with E-state index in [9.17, 15) is 13.2 Å². The molecule has 2 atom stereocenters. The molecular formula is C21H25F3N4O3. The van der Waals surface area contributed by atoms with Crippen LogP contribution in [0.15, 0.2) is 36.7 Å². The zero-order valence-corrected chi connectivity index (χ0v) is 17.1. The molecule has 10 heteroatoms. The van der Waals surface area contributed by atoms with Gasteiger partial charge in [-0.2, -0.15) is 18.3 Å². The summed E-state index contributed by atoms with van der Waals surface area (Å²) in [6.45, 7) is 3.84. The van der Waals surface area contributed by atoms with Crippen LogP contribution in [-0.4, -0.2) is 57.7 Å². The minimum atomic E-state index is -5.08. The van der Waals surface area contributed by atoms with Gasteiger partial charge in [-0.3, -0.25) is 4.98 Å². The van der Waals surface area contributed by atoms with Crippen LogP contribution in [0.5, 0.6) is 0 Å². The monoisotopic (exact) mass is 438 g/mol. The summed E-state index contributed by atoms with van der Waals surface area (Å²) in [6, 6.07) is 8.54. The Balaban J connectivity index is 0.000000339. The van der Waals surface area contributed by atoms with Gasteiger partial charge >= 0.3 is 12.1 Å². The highest BCUT2D eigenvalue weighted by Gasteiger charge is 2.38. The molecule has 0 bridgehead atoms. The van der Waals surface area contributed by atoms with Crippen molar-refractivity contribution in [2.45, 2.75) is 50.9 Å². The highest BCUT2D eigenvalue weighted by Crippen LogP contribution is 2.33. The summed E-state index contributed by atoms with van der Waals surface area (Å²) in [5.41, 5.74) is 2.19. The number of pyridine rings is 1. The van der Waals surface area contributed by atoms with E-state index in [1.165, 1.54) is 18.4 Å². The molecule has 2 fully saturated rings. The number of aryl methyl sites for hydroxylation is 1. The normalized spacial score (nSPS) is 20.8. The number of nitrogens with zero attached hydrogens (tertiary/aromatic N) is 4. The molecule has 1 saturated carbocycles. The number of carboxylic acid groups (broad SMARTS) is 1. The molecule has 1 aliphatic carbocycles. The van der Waals surface area contributed by atoms with E-state index in [-0.39, 0.29) is 6.10 Å². The van der Waals surface area contributed by atoms with Gasteiger partial charge in [-0.25, -0.2) is 4.79 Å². The number of ether oxygens (including phenoxy) is 1. The average molecular weight is 438 g/mol. The van der Waals surface area contributed by atoms with E-state index in [2.05, 4.69) is 32.2 Å². The molecule has 2 aromatic rings. The number of carboxylic acids is 1. The van der Waals surface area contributed by atoms with Crippen LogP contribution in [0.1, 0.15) is 30.5 Å². The Hall–Kier alpha value is -2.75. The van der Waals surface area contributed by atoms with E-state index >= 15 is 0 Å². The number of hydrogen-bond acceptors (Lipinski definition) is 6. The predicted molar refractivity (Wildman–Crippen MR) is 107 cm³/mol. The molecule has 0 radical (unpaired) electrons. The molecule has 3 heterocycles. The predicted octanol–water partition coefficient (Wildman–Crippen LogP) is 3.43. The van der Waals surface area contributed by atoms with Crippen molar-refractivity contribution in [2.75, 3.05) is 18.1 Å². The van der Waals surface area contributed by atoms with Gasteiger partial charge in [0.15, 0.2) is 5.82 Å². The molecule has 1 saturated heterocycles. The number of aromatic nitrogens is 3. The number of anilines is 1. The van der Waals surface area contributed by atoms with Crippen molar-refractivity contribution in [1.82, 2.24) is 15.2 Å². The first-order valence-corrected chi connectivity index (χ1v) is 10.1. The van der Waals surface area contributed by atoms with Crippen LogP contribution in [0.2, 0.25) is 0 Å². The fraction of sp³-hybridized carbons (Fsp3) is 0.524. The topological polar surface area (TPSA) is 88.4 Å². The SMILES string of the molecule is Cc1ccc(N2CC[C@H](OCC3CC3)[C@@H]2Cc2cccnc2)nn1.O=C(O)C(F)(F)F. The molecule has 0 spiro atoms. The van der Waals surface area contributed by atoms with Crippen molar-refractivity contribution in [3.8, 4) is 0 Å². The second-order valence-electron chi connectivity index (χ2n) is 7.77. The molecular weight excluding hydrogens is 413 g/mol. The van der Waals surface area contributed by atoms with Crippen molar-refractivity contribution < 1.29 is 27.8 Å². The van der Waals surface area contributed by atoms with E-state index in [0.29, 0.717) is 6.04 Å². The molecule has 0 unspecified atom stereocenters. The Kier molecular flexibility index (Phi) is 7.42. The fourth-order valence-corrected chi connectivity index (χ4v) is 3.40. The standard InChI is InChI=1S/C19H24N4O.C2HF3O2/c1-14-4-7-19(22-21-14)23-10-8-18(24-13-15-5-6-15)17(23)11-16-3-2-9-20-12-16;3-2(4,5)1(6)7/h2-4,7,9,12,15,17-18H,5-6,8,10-11,13H2,1H3;(H,6,7)/t17-,18-;/m0./s1. The number of aliphatic carboxylic acids is 1. The van der Waals surface area contributed by atoms with E-state index in [4.69, 9.17) is 14.6 Å². The molecule has 4 rings (SSSR count). The van der Waals surface area contributed by atoms with Gasteiger partial charge < -0.3 is 14.7 Å². The van der Waals surface area contributed by atoms with Crippen LogP contribution in [0.3, 0.4) is 0 Å². The minimum absolute atomic E-state index is 0.258. The first kappa shape index (κ1) is 22.9. The van der Waals surface area contributed by atoms with Crippen molar-refractivity contribution in [1.29, 1.82) is 0 Å². The van der Waals surface area contributed by atoms with Crippen molar-refractivity contribution in [3.05, 3.63) is 47.9 Å². The van der Waals surface area contributed by atoms with E-state index in [0.717, 1.165) is 43.4 Å². The Morgan fingerprint density at radius 2 is 1.97 bits per heavy atom. The van der Waals surface area contributed by atoms with Gasteiger partial charge in [0.25, 0.3) is 0 Å². The van der Waals surface area contributed by atoms with Gasteiger partial charge in [-0.05, 0) is 62.3 Å². The third-order valence-electron chi connectivity index (χ3n) is 5.22. The Morgan fingerprint density at radius 3 is 2.52 bits per heavy atom. The number of alkyl halides is 3. The smallest absolute Gasteiger partial charge is 0.475 e. The summed E-state index contributed by atoms with van der Waals surface area (Å²) < 4.78 is 38.0. The Bertz CT molecular complexity index is 845. The Labute approximate surface area is 178 Å². The summed E-state index contributed by atoms with van der Waals surface area (Å²) in [5.74, 6) is -1.02. The van der Waals surface area contributed by atoms with Crippen LogP contribution < -0.4 is 4.90 Å². The molecule has 168 valence electrons. The Morgan fingerprint density at radius 1 is 1.23 bits per heavy atom. The highest BCUT2D eigenvalue weighted by molar-refractivity contribution is 5.73. The van der Waals surface area contributed by atoms with Gasteiger partial charge in [-0.1, -0.05) is 6.07 Å². The number of rotatable bonds is 6. The third kappa shape index (κ3) is 6.88. The molecule has 0 aromatic carbocycles. The van der Waals surface area contributed by atoms with Crippen LogP contribution in [0.4, 0.5) is 19.0 Å². The number of halogens is 3. The zero-order valence-electron chi connectivity index (χ0n) is 17.1. The zero-order chi connectivity index (χ0) is 22.4. The second kappa shape index (κ2) is 10.0. The van der Waals surface area contributed by atoms with Crippen LogP contribution in [0.25, 0.3) is 0 Å². The first-order chi connectivity index (χ1) is 14.7. The summed E-state index contributed by atoms with van der Waals surface area (Å²) >= 11 is 0. The van der Waals surface area contributed by atoms with Gasteiger partial charge in [0.2, 0.25) is 0 Å². The molecule has 2 aliphatic rings. The van der Waals surface area contributed by atoms with E-state index in [1.807, 2.05) is 31.5 Å². The van der Waals surface area contributed by atoms with Crippen molar-refractivity contribution >= 4 is 11.8 Å². The van der Waals surface area contributed by atoms with E-state index in [1.54, 1.807) is 0 Å². The van der Waals surface area contributed by atoms with Crippen molar-refractivity contribution in [2.24, 2.45) is 5.92 Å². The quantitative estimate of drug-likeness (QED) is 0.739. The van der Waals surface area contributed by atoms with Gasteiger partial charge in [0.05, 0.1) is 17.8 Å². The lowest BCUT2D eigenvalue weighted by Gasteiger charge is -2.29. The van der Waals surface area contributed by atoms with E-state index < -0.39 is 12.1 Å². The van der Waals surface area contributed by atoms with Crippen LogP contribution >= 0.6 is 0 Å². The molecule has 7 nitrogen and oxygen atoms in total.